The maximum absolute atomic E-state index is 11.7. The number of anilines is 2. The van der Waals surface area contributed by atoms with Crippen molar-refractivity contribution in [3.63, 3.8) is 0 Å². The predicted octanol–water partition coefficient (Wildman–Crippen LogP) is -0.243. The lowest BCUT2D eigenvalue weighted by Gasteiger charge is -2.34. The van der Waals surface area contributed by atoms with Gasteiger partial charge in [-0.1, -0.05) is 11.2 Å². The number of nitrogens with zero attached hydrogens (tertiary/aromatic N) is 6. The highest BCUT2D eigenvalue weighted by molar-refractivity contribution is 7.98. The first-order chi connectivity index (χ1) is 13.2. The molecule has 0 spiro atoms. The Balaban J connectivity index is 1.92. The summed E-state index contributed by atoms with van der Waals surface area (Å²) in [5.74, 6) is 1.47. The average Bonchev–Trinajstić information content (AvgIpc) is 2.66. The summed E-state index contributed by atoms with van der Waals surface area (Å²) < 4.78 is 36.5. The van der Waals surface area contributed by atoms with Gasteiger partial charge in [0.15, 0.2) is 5.03 Å². The zero-order chi connectivity index (χ0) is 20.5. The van der Waals surface area contributed by atoms with E-state index in [2.05, 4.69) is 9.97 Å². The van der Waals surface area contributed by atoms with E-state index in [4.69, 9.17) is 0 Å². The van der Waals surface area contributed by atoms with Crippen LogP contribution in [0.2, 0.25) is 0 Å². The van der Waals surface area contributed by atoms with Gasteiger partial charge in [-0.25, -0.2) is 8.42 Å². The van der Waals surface area contributed by atoms with Crippen LogP contribution >= 0.6 is 11.8 Å². The van der Waals surface area contributed by atoms with Crippen molar-refractivity contribution in [2.45, 2.75) is 5.03 Å². The summed E-state index contributed by atoms with van der Waals surface area (Å²) in [5, 5.41) is 12.0. The minimum absolute atomic E-state index is 0.140. The van der Waals surface area contributed by atoms with Crippen LogP contribution in [-0.4, -0.2) is 95.5 Å². The quantitative estimate of drug-likeness (QED) is 0.194. The fourth-order valence-corrected chi connectivity index (χ4v) is 5.56. The number of thioether (sulfide) groups is 1. The van der Waals surface area contributed by atoms with Crippen LogP contribution in [0.5, 0.6) is 0 Å². The number of hydrogen-bond acceptors (Lipinski definition) is 10. The van der Waals surface area contributed by atoms with Crippen molar-refractivity contribution in [1.82, 2.24) is 14.3 Å². The molecule has 11 nitrogen and oxygen atoms in total. The molecule has 0 amide bonds. The molecule has 3 rings (SSSR count). The van der Waals surface area contributed by atoms with Crippen molar-refractivity contribution in [3.8, 4) is 0 Å². The molecule has 0 unspecified atom stereocenters. The molecule has 0 bridgehead atoms. The van der Waals surface area contributed by atoms with E-state index in [-0.39, 0.29) is 16.5 Å². The predicted molar refractivity (Wildman–Crippen MR) is 109 cm³/mol. The Morgan fingerprint density at radius 3 is 2.18 bits per heavy atom. The number of aromatic nitrogens is 2. The molecule has 0 radical (unpaired) electrons. The van der Waals surface area contributed by atoms with Crippen LogP contribution in [0.25, 0.3) is 0 Å². The first kappa shape index (κ1) is 21.4. The van der Waals surface area contributed by atoms with Gasteiger partial charge in [0.05, 0.1) is 24.3 Å². The van der Waals surface area contributed by atoms with Gasteiger partial charge < -0.3 is 14.4 Å². The molecule has 156 valence electrons. The lowest BCUT2D eigenvalue weighted by molar-refractivity contribution is -0.387. The lowest BCUT2D eigenvalue weighted by atomic mass is 10.3. The third-order valence-corrected chi connectivity index (χ3v) is 7.92. The summed E-state index contributed by atoms with van der Waals surface area (Å²) in [4.78, 5) is 23.7. The third kappa shape index (κ3) is 4.62. The molecule has 0 atom stereocenters. The zero-order valence-corrected chi connectivity index (χ0v) is 18.1. The summed E-state index contributed by atoms with van der Waals surface area (Å²) in [5.41, 5.74) is -0.140. The van der Waals surface area contributed by atoms with E-state index in [0.717, 1.165) is 0 Å². The average molecular weight is 451 g/mol. The van der Waals surface area contributed by atoms with Crippen LogP contribution in [0, 0.1) is 10.1 Å². The van der Waals surface area contributed by atoms with Crippen molar-refractivity contribution in [1.29, 1.82) is 0 Å². The molecule has 2 aliphatic rings. The van der Waals surface area contributed by atoms with E-state index >= 15 is 0 Å². The zero-order valence-electron chi connectivity index (χ0n) is 15.6. The maximum Gasteiger partial charge on any atom is 0.343 e. The summed E-state index contributed by atoms with van der Waals surface area (Å²) in [6, 6.07) is 0. The second-order valence-corrected chi connectivity index (χ2v) is 10.9. The molecule has 0 N–H and O–H groups in total. The van der Waals surface area contributed by atoms with Crippen molar-refractivity contribution in [2.24, 2.45) is 0 Å². The number of hydrogen-bond donors (Lipinski definition) is 0. The highest BCUT2D eigenvalue weighted by atomic mass is 32.2. The van der Waals surface area contributed by atoms with Gasteiger partial charge in [0.25, 0.3) is 0 Å². The number of nitro groups is 1. The summed E-state index contributed by atoms with van der Waals surface area (Å²) in [6.07, 6.45) is 2.89. The van der Waals surface area contributed by atoms with Crippen LogP contribution in [0.4, 0.5) is 17.5 Å². The standard InChI is InChI=1S/C14H22N6O5S3/c1-26-13-11(20(21)22)12(17-7-9-27(23)10-8-17)15-14(16-13)18-3-5-19(6-4-18)28(2,24)25/h3-10H2,1-2H3. The number of sulfonamides is 1. The van der Waals surface area contributed by atoms with E-state index in [1.54, 1.807) is 11.2 Å². The monoisotopic (exact) mass is 450 g/mol. The van der Waals surface area contributed by atoms with E-state index in [9.17, 15) is 23.1 Å². The highest BCUT2D eigenvalue weighted by Crippen LogP contribution is 2.36. The highest BCUT2D eigenvalue weighted by Gasteiger charge is 2.33. The van der Waals surface area contributed by atoms with Crippen molar-refractivity contribution >= 4 is 50.4 Å². The first-order valence-electron chi connectivity index (χ1n) is 8.61. The molecule has 2 aliphatic heterocycles. The summed E-state index contributed by atoms with van der Waals surface area (Å²) in [7, 11) is -3.26. The SMILES string of the molecule is CSc1nc(N2CCN(S(C)(=O)=O)CC2)nc(N2CC[S+]([O-])CC2)c1[N+](=O)[O-]. The largest absolute Gasteiger partial charge is 0.616 e. The molecule has 1 aromatic heterocycles. The molecule has 2 fully saturated rings. The molecular formula is C14H22N6O5S3. The van der Waals surface area contributed by atoms with Gasteiger partial charge in [-0.05, 0) is 6.26 Å². The molecular weight excluding hydrogens is 428 g/mol. The number of piperazine rings is 1. The van der Waals surface area contributed by atoms with Gasteiger partial charge in [0.2, 0.25) is 21.8 Å². The van der Waals surface area contributed by atoms with Gasteiger partial charge in [-0.3, -0.25) is 10.1 Å². The van der Waals surface area contributed by atoms with Crippen LogP contribution in [0.3, 0.4) is 0 Å². The van der Waals surface area contributed by atoms with Gasteiger partial charge >= 0.3 is 5.69 Å². The van der Waals surface area contributed by atoms with Crippen molar-refractivity contribution < 1.29 is 17.9 Å². The number of rotatable bonds is 5. The Morgan fingerprint density at radius 1 is 1.07 bits per heavy atom. The lowest BCUT2D eigenvalue weighted by Crippen LogP contribution is -2.49. The van der Waals surface area contributed by atoms with Gasteiger partial charge in [0.1, 0.15) is 11.5 Å². The second-order valence-electron chi connectivity index (χ2n) is 6.45. The van der Waals surface area contributed by atoms with E-state index in [0.29, 0.717) is 56.7 Å². The second kappa shape index (κ2) is 8.57. The van der Waals surface area contributed by atoms with E-state index in [1.807, 2.05) is 4.90 Å². The third-order valence-electron chi connectivity index (χ3n) is 4.67. The molecule has 3 heterocycles. The summed E-state index contributed by atoms with van der Waals surface area (Å²) >= 11 is 0.259. The van der Waals surface area contributed by atoms with Crippen molar-refractivity contribution in [2.75, 3.05) is 73.1 Å². The fourth-order valence-electron chi connectivity index (χ4n) is 3.15. The van der Waals surface area contributed by atoms with Gasteiger partial charge in [-0.2, -0.15) is 14.3 Å². The maximum atomic E-state index is 11.7. The van der Waals surface area contributed by atoms with Crippen LogP contribution in [-0.2, 0) is 21.2 Å². The Morgan fingerprint density at radius 2 is 1.68 bits per heavy atom. The summed E-state index contributed by atoms with van der Waals surface area (Å²) in [6.45, 7) is 2.29. The Hall–Kier alpha value is -1.35. The van der Waals surface area contributed by atoms with Crippen LogP contribution < -0.4 is 9.80 Å². The Kier molecular flexibility index (Phi) is 6.54. The van der Waals surface area contributed by atoms with E-state index in [1.165, 1.54) is 22.3 Å². The van der Waals surface area contributed by atoms with Gasteiger partial charge in [0, 0.05) is 26.2 Å². The molecule has 0 aromatic carbocycles. The van der Waals surface area contributed by atoms with Crippen LogP contribution in [0.15, 0.2) is 5.03 Å². The molecule has 2 saturated heterocycles. The molecule has 0 aliphatic carbocycles. The Bertz CT molecular complexity index is 838. The topological polar surface area (TPSA) is 136 Å². The first-order valence-corrected chi connectivity index (χ1v) is 13.2. The smallest absolute Gasteiger partial charge is 0.343 e. The van der Waals surface area contributed by atoms with Crippen molar-refractivity contribution in [3.05, 3.63) is 10.1 Å². The molecule has 1 aromatic rings. The van der Waals surface area contributed by atoms with Gasteiger partial charge in [-0.15, -0.1) is 11.8 Å². The van der Waals surface area contributed by atoms with E-state index < -0.39 is 26.1 Å². The minimum atomic E-state index is -3.26. The molecule has 0 saturated carbocycles. The fraction of sp³-hybridized carbons (Fsp3) is 0.714. The minimum Gasteiger partial charge on any atom is -0.616 e. The van der Waals surface area contributed by atoms with Crippen LogP contribution in [0.1, 0.15) is 0 Å². The normalized spacial score (nSPS) is 19.8. The molecule has 28 heavy (non-hydrogen) atoms. The molecule has 14 heteroatoms. The Labute approximate surface area is 170 Å².